The molecule has 0 aliphatic heterocycles. The van der Waals surface area contributed by atoms with E-state index in [1.807, 2.05) is 30.3 Å². The van der Waals surface area contributed by atoms with Crippen molar-refractivity contribution >= 4 is 11.8 Å². The Kier molecular flexibility index (Phi) is 3.53. The molecule has 0 saturated heterocycles. The molecule has 2 aromatic rings. The minimum Gasteiger partial charge on any atom is -0.478 e. The van der Waals surface area contributed by atoms with Crippen molar-refractivity contribution in [2.75, 3.05) is 0 Å². The molecule has 2 rings (SSSR count). The van der Waals surface area contributed by atoms with Crippen LogP contribution in [-0.4, -0.2) is 11.1 Å². The van der Waals surface area contributed by atoms with Gasteiger partial charge in [0.1, 0.15) is 5.83 Å². The van der Waals surface area contributed by atoms with E-state index in [1.54, 1.807) is 24.3 Å². The fourth-order valence-electron chi connectivity index (χ4n) is 1.64. The Morgan fingerprint density at radius 2 is 1.50 bits per heavy atom. The van der Waals surface area contributed by atoms with Crippen LogP contribution in [0.2, 0.25) is 0 Å². The van der Waals surface area contributed by atoms with Crippen molar-refractivity contribution < 1.29 is 14.3 Å². The molecule has 0 spiro atoms. The topological polar surface area (TPSA) is 37.3 Å². The van der Waals surface area contributed by atoms with Crippen molar-refractivity contribution in [2.24, 2.45) is 0 Å². The van der Waals surface area contributed by atoms with E-state index >= 15 is 0 Å². The second-order valence-corrected chi connectivity index (χ2v) is 3.77. The Balaban J connectivity index is 2.29. The Morgan fingerprint density at radius 1 is 0.944 bits per heavy atom. The summed E-state index contributed by atoms with van der Waals surface area (Å²) in [4.78, 5) is 10.4. The molecule has 0 fully saturated rings. The number of carboxylic acids is 1. The quantitative estimate of drug-likeness (QED) is 0.832. The number of carboxylic acid groups (broad SMARTS) is 1. The molecular formula is C15H11FO2. The zero-order valence-corrected chi connectivity index (χ0v) is 9.51. The van der Waals surface area contributed by atoms with Gasteiger partial charge in [-0.05, 0) is 11.1 Å². The molecule has 2 aromatic carbocycles. The molecule has 2 nitrogen and oxygen atoms in total. The maximum Gasteiger partial charge on any atom is 0.331 e. The van der Waals surface area contributed by atoms with Crippen LogP contribution in [0.3, 0.4) is 0 Å². The third-order valence-electron chi connectivity index (χ3n) is 2.52. The standard InChI is InChI=1S/C15H11FO2/c16-14(10-15(17)18)13-8-6-12(7-9-13)11-4-2-1-3-5-11/h1-10H,(H,17,18). The summed E-state index contributed by atoms with van der Waals surface area (Å²) in [5.74, 6) is -2.04. The molecule has 0 radical (unpaired) electrons. The van der Waals surface area contributed by atoms with Crippen LogP contribution in [-0.2, 0) is 4.79 Å². The lowest BCUT2D eigenvalue weighted by molar-refractivity contribution is -0.131. The van der Waals surface area contributed by atoms with Crippen LogP contribution in [0.5, 0.6) is 0 Å². The summed E-state index contributed by atoms with van der Waals surface area (Å²) in [5.41, 5.74) is 2.26. The molecule has 0 amide bonds. The van der Waals surface area contributed by atoms with Gasteiger partial charge in [0.05, 0.1) is 6.08 Å². The van der Waals surface area contributed by atoms with Gasteiger partial charge in [-0.1, -0.05) is 54.6 Å². The zero-order chi connectivity index (χ0) is 13.0. The van der Waals surface area contributed by atoms with E-state index in [0.29, 0.717) is 6.08 Å². The summed E-state index contributed by atoms with van der Waals surface area (Å²) in [5, 5.41) is 8.46. The van der Waals surface area contributed by atoms with Gasteiger partial charge in [0, 0.05) is 5.56 Å². The molecule has 0 atom stereocenters. The van der Waals surface area contributed by atoms with E-state index in [4.69, 9.17) is 5.11 Å². The number of aliphatic carboxylic acids is 1. The van der Waals surface area contributed by atoms with Crippen LogP contribution in [0.25, 0.3) is 17.0 Å². The number of carbonyl (C=O) groups is 1. The van der Waals surface area contributed by atoms with Gasteiger partial charge in [0.2, 0.25) is 0 Å². The van der Waals surface area contributed by atoms with Gasteiger partial charge in [0.25, 0.3) is 0 Å². The van der Waals surface area contributed by atoms with Gasteiger partial charge < -0.3 is 5.11 Å². The fourth-order valence-corrected chi connectivity index (χ4v) is 1.64. The number of rotatable bonds is 3. The van der Waals surface area contributed by atoms with Crippen molar-refractivity contribution in [2.45, 2.75) is 0 Å². The summed E-state index contributed by atoms with van der Waals surface area (Å²) in [6.07, 6.45) is 0.553. The van der Waals surface area contributed by atoms with E-state index in [9.17, 15) is 9.18 Å². The molecule has 0 unspecified atom stereocenters. The van der Waals surface area contributed by atoms with E-state index in [2.05, 4.69) is 0 Å². The number of benzene rings is 2. The number of hydrogen-bond donors (Lipinski definition) is 1. The van der Waals surface area contributed by atoms with Crippen molar-refractivity contribution in [3.63, 3.8) is 0 Å². The number of hydrogen-bond acceptors (Lipinski definition) is 1. The number of halogens is 1. The Labute approximate surface area is 104 Å². The first-order valence-corrected chi connectivity index (χ1v) is 5.43. The molecule has 90 valence electrons. The molecule has 18 heavy (non-hydrogen) atoms. The zero-order valence-electron chi connectivity index (χ0n) is 9.51. The Morgan fingerprint density at radius 3 is 2.06 bits per heavy atom. The van der Waals surface area contributed by atoms with Crippen LogP contribution < -0.4 is 0 Å². The first kappa shape index (κ1) is 12.0. The third kappa shape index (κ3) is 2.83. The molecular weight excluding hydrogens is 231 g/mol. The summed E-state index contributed by atoms with van der Waals surface area (Å²) in [6, 6.07) is 16.3. The lowest BCUT2D eigenvalue weighted by atomic mass is 10.0. The smallest absolute Gasteiger partial charge is 0.331 e. The van der Waals surface area contributed by atoms with Crippen LogP contribution in [0.4, 0.5) is 4.39 Å². The summed E-state index contributed by atoms with van der Waals surface area (Å²) >= 11 is 0. The maximum absolute atomic E-state index is 13.4. The highest BCUT2D eigenvalue weighted by Crippen LogP contribution is 2.22. The Hall–Kier alpha value is -2.42. The van der Waals surface area contributed by atoms with Gasteiger partial charge in [-0.3, -0.25) is 0 Å². The van der Waals surface area contributed by atoms with E-state index in [0.717, 1.165) is 11.1 Å². The van der Waals surface area contributed by atoms with E-state index < -0.39 is 11.8 Å². The molecule has 0 heterocycles. The molecule has 0 bridgehead atoms. The predicted molar refractivity (Wildman–Crippen MR) is 68.6 cm³/mol. The maximum atomic E-state index is 13.4. The third-order valence-corrected chi connectivity index (χ3v) is 2.52. The van der Waals surface area contributed by atoms with Crippen molar-refractivity contribution in [3.05, 3.63) is 66.2 Å². The molecule has 0 aliphatic carbocycles. The largest absolute Gasteiger partial charge is 0.478 e. The Bertz CT molecular complexity index is 571. The highest BCUT2D eigenvalue weighted by Gasteiger charge is 2.03. The average molecular weight is 242 g/mol. The molecule has 3 heteroatoms. The first-order chi connectivity index (χ1) is 8.66. The summed E-state index contributed by atoms with van der Waals surface area (Å²) < 4.78 is 13.4. The normalized spacial score (nSPS) is 11.3. The predicted octanol–water partition coefficient (Wildman–Crippen LogP) is 3.75. The minimum atomic E-state index is -1.29. The summed E-state index contributed by atoms with van der Waals surface area (Å²) in [7, 11) is 0. The molecule has 0 saturated carbocycles. The first-order valence-electron chi connectivity index (χ1n) is 5.43. The highest BCUT2D eigenvalue weighted by molar-refractivity contribution is 5.88. The molecule has 1 N–H and O–H groups in total. The van der Waals surface area contributed by atoms with Crippen LogP contribution in [0.15, 0.2) is 60.7 Å². The van der Waals surface area contributed by atoms with Gasteiger partial charge in [-0.25, -0.2) is 9.18 Å². The van der Waals surface area contributed by atoms with Crippen molar-refractivity contribution in [1.82, 2.24) is 0 Å². The monoisotopic (exact) mass is 242 g/mol. The van der Waals surface area contributed by atoms with Crippen molar-refractivity contribution in [1.29, 1.82) is 0 Å². The van der Waals surface area contributed by atoms with Crippen LogP contribution in [0.1, 0.15) is 5.56 Å². The lowest BCUT2D eigenvalue weighted by Gasteiger charge is -2.02. The van der Waals surface area contributed by atoms with Crippen LogP contribution >= 0.6 is 0 Å². The van der Waals surface area contributed by atoms with Crippen LogP contribution in [0, 0.1) is 0 Å². The van der Waals surface area contributed by atoms with E-state index in [-0.39, 0.29) is 5.56 Å². The molecule has 0 aliphatic rings. The van der Waals surface area contributed by atoms with Gasteiger partial charge in [-0.2, -0.15) is 0 Å². The van der Waals surface area contributed by atoms with Gasteiger partial charge in [-0.15, -0.1) is 0 Å². The second-order valence-electron chi connectivity index (χ2n) is 3.77. The second kappa shape index (κ2) is 5.27. The average Bonchev–Trinajstić information content (AvgIpc) is 2.39. The fraction of sp³-hybridized carbons (Fsp3) is 0. The summed E-state index contributed by atoms with van der Waals surface area (Å²) in [6.45, 7) is 0. The molecule has 0 aromatic heterocycles. The lowest BCUT2D eigenvalue weighted by Crippen LogP contribution is -1.89. The minimum absolute atomic E-state index is 0.261. The SMILES string of the molecule is O=C(O)C=C(F)c1ccc(-c2ccccc2)cc1. The van der Waals surface area contributed by atoms with Gasteiger partial charge in [0.15, 0.2) is 0 Å². The van der Waals surface area contributed by atoms with Crippen molar-refractivity contribution in [3.8, 4) is 11.1 Å². The highest BCUT2D eigenvalue weighted by atomic mass is 19.1. The van der Waals surface area contributed by atoms with Gasteiger partial charge >= 0.3 is 5.97 Å². The van der Waals surface area contributed by atoms with E-state index in [1.165, 1.54) is 0 Å².